The minimum Gasteiger partial charge on any atom is -0.356 e. The van der Waals surface area contributed by atoms with Crippen molar-refractivity contribution in [3.63, 3.8) is 0 Å². The Morgan fingerprint density at radius 2 is 1.71 bits per heavy atom. The van der Waals surface area contributed by atoms with Gasteiger partial charge in [-0.3, -0.25) is 4.79 Å². The van der Waals surface area contributed by atoms with Crippen molar-refractivity contribution >= 4 is 5.91 Å². The van der Waals surface area contributed by atoms with Crippen LogP contribution in [-0.2, 0) is 4.79 Å². The summed E-state index contributed by atoms with van der Waals surface area (Å²) in [5.74, 6) is 0.677. The molecular weight excluding hydrogens is 260 g/mol. The fourth-order valence-corrected chi connectivity index (χ4v) is 3.30. The van der Waals surface area contributed by atoms with Crippen LogP contribution in [0.3, 0.4) is 0 Å². The number of unbranched alkanes of at least 4 members (excludes halogenated alkanes) is 7. The van der Waals surface area contributed by atoms with Gasteiger partial charge >= 0.3 is 0 Å². The molecule has 21 heavy (non-hydrogen) atoms. The third-order valence-electron chi connectivity index (χ3n) is 5.06. The van der Waals surface area contributed by atoms with Crippen molar-refractivity contribution < 1.29 is 4.79 Å². The average Bonchev–Trinajstić information content (AvgIpc) is 2.96. The van der Waals surface area contributed by atoms with E-state index in [-0.39, 0.29) is 11.3 Å². The monoisotopic (exact) mass is 296 g/mol. The van der Waals surface area contributed by atoms with E-state index in [2.05, 4.69) is 31.4 Å². The van der Waals surface area contributed by atoms with Gasteiger partial charge < -0.3 is 10.6 Å². The Morgan fingerprint density at radius 1 is 1.10 bits per heavy atom. The Hall–Kier alpha value is -0.570. The SMILES string of the molecule is CCCCCCCCCCNC(=O)C1(C(C)C)CCNC1. The maximum absolute atomic E-state index is 12.5. The lowest BCUT2D eigenvalue weighted by molar-refractivity contribution is -0.132. The number of nitrogens with one attached hydrogen (secondary N) is 2. The largest absolute Gasteiger partial charge is 0.356 e. The second-order valence-electron chi connectivity index (χ2n) is 6.97. The molecule has 0 aromatic rings. The predicted octanol–water partition coefficient (Wildman–Crippen LogP) is 3.88. The second kappa shape index (κ2) is 10.2. The van der Waals surface area contributed by atoms with Gasteiger partial charge in [-0.05, 0) is 25.3 Å². The quantitative estimate of drug-likeness (QED) is 0.568. The Morgan fingerprint density at radius 3 is 2.24 bits per heavy atom. The van der Waals surface area contributed by atoms with Gasteiger partial charge in [-0.1, -0.05) is 65.7 Å². The van der Waals surface area contributed by atoms with Crippen LogP contribution in [0.15, 0.2) is 0 Å². The summed E-state index contributed by atoms with van der Waals surface area (Å²) in [7, 11) is 0. The number of hydrogen-bond acceptors (Lipinski definition) is 2. The lowest BCUT2D eigenvalue weighted by Gasteiger charge is -2.31. The Labute approximate surface area is 131 Å². The van der Waals surface area contributed by atoms with Crippen molar-refractivity contribution in [1.29, 1.82) is 0 Å². The first-order valence-electron chi connectivity index (χ1n) is 9.12. The molecule has 1 aliphatic rings. The van der Waals surface area contributed by atoms with Crippen LogP contribution in [0, 0.1) is 11.3 Å². The van der Waals surface area contributed by atoms with Crippen LogP contribution >= 0.6 is 0 Å². The molecule has 1 unspecified atom stereocenters. The van der Waals surface area contributed by atoms with Gasteiger partial charge in [0.15, 0.2) is 0 Å². The van der Waals surface area contributed by atoms with Crippen LogP contribution in [0.25, 0.3) is 0 Å². The Kier molecular flexibility index (Phi) is 8.98. The molecule has 1 atom stereocenters. The summed E-state index contributed by atoms with van der Waals surface area (Å²) in [5.41, 5.74) is -0.167. The molecule has 2 N–H and O–H groups in total. The molecule has 124 valence electrons. The summed E-state index contributed by atoms with van der Waals surface area (Å²) in [6, 6.07) is 0. The smallest absolute Gasteiger partial charge is 0.227 e. The summed E-state index contributed by atoms with van der Waals surface area (Å²) in [4.78, 5) is 12.5. The van der Waals surface area contributed by atoms with Gasteiger partial charge in [0.2, 0.25) is 5.91 Å². The van der Waals surface area contributed by atoms with E-state index in [0.29, 0.717) is 5.92 Å². The van der Waals surface area contributed by atoms with E-state index in [9.17, 15) is 4.79 Å². The average molecular weight is 296 g/mol. The van der Waals surface area contributed by atoms with E-state index in [0.717, 1.165) is 32.5 Å². The zero-order valence-electron chi connectivity index (χ0n) is 14.5. The lowest BCUT2D eigenvalue weighted by Crippen LogP contribution is -2.46. The standard InChI is InChI=1S/C18H36N2O/c1-4-5-6-7-8-9-10-11-13-20-17(21)18(16(2)3)12-14-19-15-18/h16,19H,4-15H2,1-3H3,(H,20,21). The highest BCUT2D eigenvalue weighted by atomic mass is 16.2. The maximum atomic E-state index is 12.5. The van der Waals surface area contributed by atoms with E-state index >= 15 is 0 Å². The molecule has 0 saturated carbocycles. The summed E-state index contributed by atoms with van der Waals surface area (Å²) in [6.45, 7) is 9.26. The molecular formula is C18H36N2O. The van der Waals surface area contributed by atoms with E-state index in [1.54, 1.807) is 0 Å². The van der Waals surface area contributed by atoms with Gasteiger partial charge in [0.25, 0.3) is 0 Å². The van der Waals surface area contributed by atoms with Crippen molar-refractivity contribution in [1.82, 2.24) is 10.6 Å². The van der Waals surface area contributed by atoms with Gasteiger partial charge in [-0.15, -0.1) is 0 Å². The zero-order valence-corrected chi connectivity index (χ0v) is 14.5. The third kappa shape index (κ3) is 5.98. The molecule has 1 aliphatic heterocycles. The summed E-state index contributed by atoms with van der Waals surface area (Å²) in [6.07, 6.45) is 11.5. The van der Waals surface area contributed by atoms with Crippen molar-refractivity contribution in [2.45, 2.75) is 78.6 Å². The number of carbonyl (C=O) groups is 1. The van der Waals surface area contributed by atoms with Gasteiger partial charge in [-0.2, -0.15) is 0 Å². The maximum Gasteiger partial charge on any atom is 0.227 e. The Bertz CT molecular complexity index is 283. The third-order valence-corrected chi connectivity index (χ3v) is 5.06. The first-order valence-corrected chi connectivity index (χ1v) is 9.12. The molecule has 1 saturated heterocycles. The van der Waals surface area contributed by atoms with Crippen LogP contribution in [0.5, 0.6) is 0 Å². The van der Waals surface area contributed by atoms with Crippen molar-refractivity contribution in [2.75, 3.05) is 19.6 Å². The van der Waals surface area contributed by atoms with E-state index < -0.39 is 0 Å². The van der Waals surface area contributed by atoms with Crippen LogP contribution < -0.4 is 10.6 Å². The van der Waals surface area contributed by atoms with Crippen LogP contribution in [0.4, 0.5) is 0 Å². The zero-order chi connectivity index (χ0) is 15.6. The molecule has 0 aromatic carbocycles. The number of amides is 1. The highest BCUT2D eigenvalue weighted by Gasteiger charge is 2.43. The summed E-state index contributed by atoms with van der Waals surface area (Å²) in [5, 5.41) is 6.53. The van der Waals surface area contributed by atoms with Crippen molar-refractivity contribution in [3.05, 3.63) is 0 Å². The Balaban J connectivity index is 2.08. The van der Waals surface area contributed by atoms with E-state index in [1.165, 1.54) is 44.9 Å². The van der Waals surface area contributed by atoms with E-state index in [1.807, 2.05) is 0 Å². The van der Waals surface area contributed by atoms with Gasteiger partial charge in [0, 0.05) is 13.1 Å². The fraction of sp³-hybridized carbons (Fsp3) is 0.944. The van der Waals surface area contributed by atoms with Crippen LogP contribution in [0.2, 0.25) is 0 Å². The normalized spacial score (nSPS) is 21.9. The summed E-state index contributed by atoms with van der Waals surface area (Å²) < 4.78 is 0. The molecule has 1 amide bonds. The highest BCUT2D eigenvalue weighted by Crippen LogP contribution is 2.34. The lowest BCUT2D eigenvalue weighted by atomic mass is 9.75. The van der Waals surface area contributed by atoms with Crippen molar-refractivity contribution in [3.8, 4) is 0 Å². The molecule has 3 heteroatoms. The minimum absolute atomic E-state index is 0.167. The van der Waals surface area contributed by atoms with Crippen LogP contribution in [0.1, 0.15) is 78.6 Å². The molecule has 0 bridgehead atoms. The molecule has 1 rings (SSSR count). The molecule has 1 fully saturated rings. The molecule has 0 spiro atoms. The molecule has 0 aliphatic carbocycles. The first kappa shape index (κ1) is 18.5. The first-order chi connectivity index (χ1) is 10.1. The topological polar surface area (TPSA) is 41.1 Å². The minimum atomic E-state index is -0.167. The number of carbonyl (C=O) groups excluding carboxylic acids is 1. The molecule has 3 nitrogen and oxygen atoms in total. The molecule has 0 radical (unpaired) electrons. The molecule has 0 aromatic heterocycles. The van der Waals surface area contributed by atoms with Crippen LogP contribution in [-0.4, -0.2) is 25.5 Å². The fourth-order valence-electron chi connectivity index (χ4n) is 3.30. The van der Waals surface area contributed by atoms with Gasteiger partial charge in [-0.25, -0.2) is 0 Å². The summed E-state index contributed by atoms with van der Waals surface area (Å²) >= 11 is 0. The van der Waals surface area contributed by atoms with Gasteiger partial charge in [0.05, 0.1) is 5.41 Å². The van der Waals surface area contributed by atoms with Gasteiger partial charge in [0.1, 0.15) is 0 Å². The second-order valence-corrected chi connectivity index (χ2v) is 6.97. The highest BCUT2D eigenvalue weighted by molar-refractivity contribution is 5.83. The number of rotatable bonds is 11. The molecule has 1 heterocycles. The van der Waals surface area contributed by atoms with Crippen molar-refractivity contribution in [2.24, 2.45) is 11.3 Å². The number of hydrogen-bond donors (Lipinski definition) is 2. The van der Waals surface area contributed by atoms with E-state index in [4.69, 9.17) is 0 Å². The predicted molar refractivity (Wildman–Crippen MR) is 90.4 cm³/mol.